The molecule has 0 fully saturated rings. The number of nitrogens with two attached hydrogens (primary N) is 1. The predicted octanol–water partition coefficient (Wildman–Crippen LogP) is 5.55. The van der Waals surface area contributed by atoms with Crippen molar-refractivity contribution >= 4 is 98.4 Å². The van der Waals surface area contributed by atoms with Crippen molar-refractivity contribution in [2.24, 2.45) is 10.8 Å². The lowest BCUT2D eigenvalue weighted by atomic mass is 10.1. The Balaban J connectivity index is 0. The van der Waals surface area contributed by atoms with Gasteiger partial charge in [0.05, 0.1) is 43.1 Å². The van der Waals surface area contributed by atoms with Crippen molar-refractivity contribution in [2.75, 3.05) is 13.2 Å². The van der Waals surface area contributed by atoms with E-state index in [2.05, 4.69) is 33.5 Å². The molecule has 0 heterocycles. The van der Waals surface area contributed by atoms with E-state index in [1.165, 1.54) is 0 Å². The van der Waals surface area contributed by atoms with Crippen LogP contribution in [0.1, 0.15) is 25.3 Å². The Kier molecular flexibility index (Phi) is 24.0. The first-order valence-corrected chi connectivity index (χ1v) is 12.9. The number of rotatable bonds is 7. The molecule has 0 bridgehead atoms. The van der Waals surface area contributed by atoms with Crippen LogP contribution in [0, 0.1) is 22.7 Å². The summed E-state index contributed by atoms with van der Waals surface area (Å²) in [6.07, 6.45) is 0.199. The highest BCUT2D eigenvalue weighted by molar-refractivity contribution is 7.80. The fourth-order valence-corrected chi connectivity index (χ4v) is 2.96. The fourth-order valence-electron chi connectivity index (χ4n) is 2.00. The minimum atomic E-state index is -0.456. The third-order valence-corrected chi connectivity index (χ3v) is 5.44. The van der Waals surface area contributed by atoms with E-state index in [1.54, 1.807) is 54.8 Å². The average Bonchev–Trinajstić information content (AvgIpc) is 2.89. The van der Waals surface area contributed by atoms with Crippen molar-refractivity contribution in [1.29, 1.82) is 10.5 Å². The Labute approximate surface area is 257 Å². The molecule has 0 atom stereocenters. The minimum absolute atomic E-state index is 0.157. The van der Waals surface area contributed by atoms with E-state index in [4.69, 9.17) is 74.3 Å². The summed E-state index contributed by atoms with van der Waals surface area (Å²) in [7, 11) is 0. The molecule has 0 aliphatic heterocycles. The van der Waals surface area contributed by atoms with E-state index < -0.39 is 5.91 Å². The second-order valence-corrected chi connectivity index (χ2v) is 8.98. The lowest BCUT2D eigenvalue weighted by Gasteiger charge is -2.06. The molecule has 0 spiro atoms. The van der Waals surface area contributed by atoms with Gasteiger partial charge in [-0.2, -0.15) is 15.5 Å². The standard InChI is InChI=1S/C12H10Cl2N2OS.C7H3Cl2NS.C3H5N3O.C2H6O/c13-10-2-1-8(6-11(10)14)5-9(18)7-16-12(17)3-4-15;8-6-2-1-5(10-4-11)3-7(6)9;4-2-1-3(7)6-5;1-2-3/h1-2,6H,3,5,7H2,(H,16,17);1-3H;1,5H2,(H,6,7);3H,2H2,1H3. The number of hydrazine groups is 1. The molecule has 0 saturated heterocycles. The smallest absolute Gasteiger partial charge is 0.248 e. The van der Waals surface area contributed by atoms with Crippen LogP contribution < -0.4 is 16.6 Å². The van der Waals surface area contributed by atoms with Gasteiger partial charge in [0.15, 0.2) is 0 Å². The topological polar surface area (TPSA) is 164 Å². The first kappa shape index (κ1) is 38.5. The molecule has 39 heavy (non-hydrogen) atoms. The summed E-state index contributed by atoms with van der Waals surface area (Å²) < 4.78 is 0. The third kappa shape index (κ3) is 20.9. The molecule has 2 amide bonds. The van der Waals surface area contributed by atoms with E-state index in [9.17, 15) is 9.59 Å². The third-order valence-electron chi connectivity index (χ3n) is 3.59. The van der Waals surface area contributed by atoms with Crippen molar-refractivity contribution in [3.63, 3.8) is 0 Å². The number of amides is 2. The summed E-state index contributed by atoms with van der Waals surface area (Å²) in [4.78, 5) is 25.4. The van der Waals surface area contributed by atoms with Crippen LogP contribution in [-0.4, -0.2) is 40.1 Å². The van der Waals surface area contributed by atoms with Gasteiger partial charge in [-0.05, 0) is 55.0 Å². The lowest BCUT2D eigenvalue weighted by Crippen LogP contribution is -2.29. The molecule has 9 nitrogen and oxygen atoms in total. The number of isothiocyanates is 1. The number of halogens is 4. The Morgan fingerprint density at radius 1 is 0.974 bits per heavy atom. The number of nitrogens with one attached hydrogen (secondary N) is 2. The van der Waals surface area contributed by atoms with E-state index in [1.807, 2.05) is 6.07 Å². The van der Waals surface area contributed by atoms with Gasteiger partial charge in [0.1, 0.15) is 12.8 Å². The molecule has 2 aromatic rings. The molecule has 5 N–H and O–H groups in total. The molecule has 0 aromatic heterocycles. The minimum Gasteiger partial charge on any atom is -0.397 e. The van der Waals surface area contributed by atoms with Gasteiger partial charge < -0.3 is 10.4 Å². The molecule has 0 saturated carbocycles. The number of hydrogen-bond donors (Lipinski definition) is 4. The van der Waals surface area contributed by atoms with Gasteiger partial charge in [0.2, 0.25) is 11.8 Å². The molecule has 15 heteroatoms. The number of carbonyl (C=O) groups excluding carboxylic acids is 2. The Bertz CT molecular complexity index is 1230. The monoisotopic (exact) mass is 648 g/mol. The van der Waals surface area contributed by atoms with E-state index in [-0.39, 0.29) is 31.9 Å². The number of nitriles is 2. The Hall–Kier alpha value is -2.67. The van der Waals surface area contributed by atoms with Gasteiger partial charge in [0.25, 0.3) is 0 Å². The maximum absolute atomic E-state index is 11.1. The van der Waals surface area contributed by atoms with Gasteiger partial charge in [-0.15, -0.1) is 0 Å². The van der Waals surface area contributed by atoms with Crippen LogP contribution in [0.2, 0.25) is 20.1 Å². The summed E-state index contributed by atoms with van der Waals surface area (Å²) >= 11 is 32.6. The van der Waals surface area contributed by atoms with Crippen LogP contribution in [-0.2, 0) is 16.0 Å². The number of aliphatic hydroxyl groups is 1. The number of aliphatic hydroxyl groups excluding tert-OH is 1. The number of aliphatic imine (C=N–C) groups is 1. The SMILES string of the molecule is CCO.N#CCC(=O)NCC(=S)Cc1ccc(Cl)c(Cl)c1.N#CCC(=O)NN.S=C=Nc1ccc(Cl)c(Cl)c1. The summed E-state index contributed by atoms with van der Waals surface area (Å²) in [5.41, 5.74) is 3.40. The van der Waals surface area contributed by atoms with Crippen molar-refractivity contribution < 1.29 is 14.7 Å². The zero-order valence-electron chi connectivity index (χ0n) is 20.5. The second kappa shape index (κ2) is 24.4. The second-order valence-electron chi connectivity index (χ2n) is 6.60. The number of thiocarbonyl (C=S) groups is 2. The number of benzene rings is 2. The quantitative estimate of drug-likeness (QED) is 0.0996. The fraction of sp³-hybridized carbons (Fsp3) is 0.250. The number of carbonyl (C=O) groups is 2. The molecule has 0 radical (unpaired) electrons. The van der Waals surface area contributed by atoms with Crippen LogP contribution in [0.4, 0.5) is 5.69 Å². The van der Waals surface area contributed by atoms with Crippen molar-refractivity contribution in [1.82, 2.24) is 10.7 Å². The average molecular weight is 650 g/mol. The van der Waals surface area contributed by atoms with Crippen LogP contribution in [0.25, 0.3) is 0 Å². The van der Waals surface area contributed by atoms with Gasteiger partial charge in [-0.3, -0.25) is 15.0 Å². The summed E-state index contributed by atoms with van der Waals surface area (Å²) in [6.45, 7) is 2.20. The molecule has 2 aromatic carbocycles. The number of nitrogens with zero attached hydrogens (tertiary/aromatic N) is 3. The summed E-state index contributed by atoms with van der Waals surface area (Å²) in [5.74, 6) is 3.83. The van der Waals surface area contributed by atoms with Gasteiger partial charge >= 0.3 is 0 Å². The molecule has 0 aliphatic carbocycles. The first-order chi connectivity index (χ1) is 18.5. The summed E-state index contributed by atoms with van der Waals surface area (Å²) in [5, 5.41) is 30.4. The van der Waals surface area contributed by atoms with Crippen LogP contribution in [0.15, 0.2) is 41.4 Å². The largest absolute Gasteiger partial charge is 0.397 e. The highest BCUT2D eigenvalue weighted by atomic mass is 35.5. The zero-order chi connectivity index (χ0) is 30.2. The molecule has 208 valence electrons. The molecular formula is C24H24Cl4N6O3S2. The van der Waals surface area contributed by atoms with E-state index in [0.717, 1.165) is 5.56 Å². The predicted molar refractivity (Wildman–Crippen MR) is 162 cm³/mol. The zero-order valence-corrected chi connectivity index (χ0v) is 25.2. The van der Waals surface area contributed by atoms with Gasteiger partial charge in [-0.1, -0.05) is 64.7 Å². The van der Waals surface area contributed by atoms with E-state index in [0.29, 0.717) is 37.1 Å². The number of hydrogen-bond acceptors (Lipinski definition) is 9. The molecule has 0 aliphatic rings. The van der Waals surface area contributed by atoms with Crippen molar-refractivity contribution in [3.8, 4) is 12.1 Å². The highest BCUT2D eigenvalue weighted by Gasteiger charge is 2.05. The maximum Gasteiger partial charge on any atom is 0.248 e. The summed E-state index contributed by atoms with van der Waals surface area (Å²) in [6, 6.07) is 13.7. The highest BCUT2D eigenvalue weighted by Crippen LogP contribution is 2.26. The van der Waals surface area contributed by atoms with Crippen LogP contribution in [0.5, 0.6) is 0 Å². The van der Waals surface area contributed by atoms with E-state index >= 15 is 0 Å². The first-order valence-electron chi connectivity index (χ1n) is 10.6. The lowest BCUT2D eigenvalue weighted by molar-refractivity contribution is -0.120. The van der Waals surface area contributed by atoms with Crippen molar-refractivity contribution in [2.45, 2.75) is 26.2 Å². The molecule has 2 rings (SSSR count). The molecule has 0 unspecified atom stereocenters. The normalized spacial score (nSPS) is 8.64. The van der Waals surface area contributed by atoms with Gasteiger partial charge in [-0.25, -0.2) is 5.84 Å². The van der Waals surface area contributed by atoms with Crippen LogP contribution in [0.3, 0.4) is 0 Å². The Morgan fingerprint density at radius 3 is 1.92 bits per heavy atom. The van der Waals surface area contributed by atoms with Gasteiger partial charge in [0, 0.05) is 24.4 Å². The maximum atomic E-state index is 11.1. The molecular weight excluding hydrogens is 626 g/mol. The Morgan fingerprint density at radius 2 is 1.49 bits per heavy atom. The van der Waals surface area contributed by atoms with Crippen LogP contribution >= 0.6 is 70.8 Å². The van der Waals surface area contributed by atoms with Crippen molar-refractivity contribution in [3.05, 3.63) is 62.1 Å².